The van der Waals surface area contributed by atoms with Gasteiger partial charge in [0.05, 0.1) is 0 Å². The number of benzene rings is 1. The molecule has 1 radical (unpaired) electrons. The minimum absolute atomic E-state index is 0.171. The first-order chi connectivity index (χ1) is 5.18. The Balaban J connectivity index is 2.71. The Morgan fingerprint density at radius 2 is 2.09 bits per heavy atom. The van der Waals surface area contributed by atoms with Crippen molar-refractivity contribution in [2.45, 2.75) is 6.92 Å². The van der Waals surface area contributed by atoms with E-state index in [1.807, 2.05) is 13.0 Å². The largest absolute Gasteiger partial charge is 0.507 e. The number of ether oxygens (including phenoxy) is 1. The summed E-state index contributed by atoms with van der Waals surface area (Å²) < 4.78 is 27.2. The van der Waals surface area contributed by atoms with Crippen molar-refractivity contribution in [2.75, 3.05) is 0 Å². The summed E-state index contributed by atoms with van der Waals surface area (Å²) in [4.78, 5) is 0. The van der Waals surface area contributed by atoms with Gasteiger partial charge in [0.15, 0.2) is 0 Å². The molecular weight excluding hydrogens is 150 g/mol. The third-order valence-corrected chi connectivity index (χ3v) is 1.18. The van der Waals surface area contributed by atoms with Gasteiger partial charge in [0, 0.05) is 0 Å². The van der Waals surface area contributed by atoms with Crippen LogP contribution in [-0.2, 0) is 0 Å². The highest BCUT2D eigenvalue weighted by atomic mass is 19.3. The summed E-state index contributed by atoms with van der Waals surface area (Å²) in [5.74, 6) is 0.171. The Kier molecular flexibility index (Phi) is 2.41. The third kappa shape index (κ3) is 2.53. The monoisotopic (exact) mass is 157 g/mol. The first-order valence-corrected chi connectivity index (χ1v) is 3.11. The predicted octanol–water partition coefficient (Wildman–Crippen LogP) is 2.76. The molecule has 0 aliphatic carbocycles. The standard InChI is InChI=1S/C8H7F2O/c1-6-3-2-4-7(5-6)11-8(9)10/h2-5H,1H3. The summed E-state index contributed by atoms with van der Waals surface area (Å²) in [6.07, 6.45) is 0. The zero-order valence-corrected chi connectivity index (χ0v) is 5.97. The molecule has 1 rings (SSSR count). The molecule has 0 N–H and O–H groups in total. The zero-order chi connectivity index (χ0) is 8.27. The lowest BCUT2D eigenvalue weighted by Gasteiger charge is -2.01. The van der Waals surface area contributed by atoms with E-state index in [-0.39, 0.29) is 5.75 Å². The molecule has 0 saturated heterocycles. The van der Waals surface area contributed by atoms with Gasteiger partial charge in [0.2, 0.25) is 0 Å². The van der Waals surface area contributed by atoms with E-state index in [0.717, 1.165) is 5.56 Å². The van der Waals surface area contributed by atoms with E-state index >= 15 is 0 Å². The van der Waals surface area contributed by atoms with Crippen LogP contribution < -0.4 is 4.74 Å². The van der Waals surface area contributed by atoms with Crippen LogP contribution in [0.3, 0.4) is 0 Å². The van der Waals surface area contributed by atoms with Crippen molar-refractivity contribution in [1.82, 2.24) is 0 Å². The van der Waals surface area contributed by atoms with Gasteiger partial charge >= 0.3 is 6.61 Å². The van der Waals surface area contributed by atoms with Gasteiger partial charge < -0.3 is 4.74 Å². The molecule has 59 valence electrons. The van der Waals surface area contributed by atoms with E-state index in [2.05, 4.69) is 4.74 Å². The van der Waals surface area contributed by atoms with Crippen molar-refractivity contribution < 1.29 is 13.5 Å². The maximum atomic E-state index is 11.5. The summed E-state index contributed by atoms with van der Waals surface area (Å²) in [5.41, 5.74) is 0.892. The van der Waals surface area contributed by atoms with Crippen LogP contribution in [0.4, 0.5) is 8.78 Å². The van der Waals surface area contributed by atoms with E-state index in [1.54, 1.807) is 12.1 Å². The first kappa shape index (κ1) is 7.98. The van der Waals surface area contributed by atoms with Crippen LogP contribution in [0.25, 0.3) is 0 Å². The van der Waals surface area contributed by atoms with Crippen molar-refractivity contribution >= 4 is 0 Å². The van der Waals surface area contributed by atoms with E-state index in [1.165, 1.54) is 6.07 Å². The van der Waals surface area contributed by atoms with Gasteiger partial charge in [-0.3, -0.25) is 0 Å². The molecule has 0 heterocycles. The van der Waals surface area contributed by atoms with Crippen LogP contribution >= 0.6 is 0 Å². The van der Waals surface area contributed by atoms with Crippen molar-refractivity contribution in [3.63, 3.8) is 0 Å². The van der Waals surface area contributed by atoms with Gasteiger partial charge in [-0.1, -0.05) is 12.1 Å². The number of rotatable bonds is 2. The second kappa shape index (κ2) is 3.32. The highest BCUT2D eigenvalue weighted by Crippen LogP contribution is 2.17. The summed E-state index contributed by atoms with van der Waals surface area (Å²) in [5, 5.41) is 0. The van der Waals surface area contributed by atoms with Crippen LogP contribution in [0.1, 0.15) is 5.56 Å². The summed E-state index contributed by atoms with van der Waals surface area (Å²) in [7, 11) is 0. The molecule has 0 aliphatic rings. The van der Waals surface area contributed by atoms with Crippen molar-refractivity contribution in [3.8, 4) is 5.75 Å². The molecule has 0 fully saturated rings. The van der Waals surface area contributed by atoms with Crippen LogP contribution in [-0.4, -0.2) is 0 Å². The van der Waals surface area contributed by atoms with Crippen molar-refractivity contribution in [2.24, 2.45) is 0 Å². The van der Waals surface area contributed by atoms with E-state index in [4.69, 9.17) is 0 Å². The molecule has 0 spiro atoms. The van der Waals surface area contributed by atoms with Gasteiger partial charge in [-0.2, -0.15) is 8.78 Å². The Morgan fingerprint density at radius 1 is 1.36 bits per heavy atom. The van der Waals surface area contributed by atoms with Crippen LogP contribution in [0, 0.1) is 13.5 Å². The van der Waals surface area contributed by atoms with Gasteiger partial charge in [-0.05, 0) is 24.6 Å². The molecule has 0 saturated carbocycles. The van der Waals surface area contributed by atoms with Gasteiger partial charge in [-0.15, -0.1) is 0 Å². The molecule has 0 bridgehead atoms. The quantitative estimate of drug-likeness (QED) is 0.641. The summed E-state index contributed by atoms with van der Waals surface area (Å²) in [6.45, 7) is -0.223. The van der Waals surface area contributed by atoms with Crippen LogP contribution in [0.2, 0.25) is 0 Å². The van der Waals surface area contributed by atoms with Gasteiger partial charge in [0.1, 0.15) is 5.75 Å². The second-order valence-electron chi connectivity index (χ2n) is 2.14. The molecule has 3 heteroatoms. The predicted molar refractivity (Wildman–Crippen MR) is 37.3 cm³/mol. The lowest BCUT2D eigenvalue weighted by molar-refractivity contribution is 0.0750. The first-order valence-electron chi connectivity index (χ1n) is 3.11. The van der Waals surface area contributed by atoms with E-state index in [9.17, 15) is 8.78 Å². The lowest BCUT2D eigenvalue weighted by Crippen LogP contribution is -1.92. The van der Waals surface area contributed by atoms with Crippen LogP contribution in [0.15, 0.2) is 24.3 Å². The Bertz CT molecular complexity index is 235. The summed E-state index contributed by atoms with van der Waals surface area (Å²) >= 11 is 0. The lowest BCUT2D eigenvalue weighted by atomic mass is 10.2. The molecule has 0 atom stereocenters. The number of hydrogen-bond acceptors (Lipinski definition) is 1. The Morgan fingerprint density at radius 3 is 2.64 bits per heavy atom. The van der Waals surface area contributed by atoms with Crippen molar-refractivity contribution in [3.05, 3.63) is 36.4 Å². The number of hydrogen-bond donors (Lipinski definition) is 0. The fourth-order valence-electron chi connectivity index (χ4n) is 0.768. The molecule has 1 aromatic carbocycles. The van der Waals surface area contributed by atoms with Crippen molar-refractivity contribution in [1.29, 1.82) is 0 Å². The van der Waals surface area contributed by atoms with Gasteiger partial charge in [-0.25, -0.2) is 0 Å². The maximum absolute atomic E-state index is 11.5. The normalized spacial score (nSPS) is 10.2. The molecule has 0 unspecified atom stereocenters. The van der Waals surface area contributed by atoms with Crippen LogP contribution in [0.5, 0.6) is 5.75 Å². The molecule has 1 nitrogen and oxygen atoms in total. The second-order valence-corrected chi connectivity index (χ2v) is 2.14. The average Bonchev–Trinajstić information content (AvgIpc) is 1.85. The highest BCUT2D eigenvalue weighted by molar-refractivity contribution is 5.27. The third-order valence-electron chi connectivity index (χ3n) is 1.18. The zero-order valence-electron chi connectivity index (χ0n) is 5.97. The fourth-order valence-corrected chi connectivity index (χ4v) is 0.768. The van der Waals surface area contributed by atoms with E-state index < -0.39 is 6.61 Å². The maximum Gasteiger partial charge on any atom is 0.507 e. The molecule has 1 aromatic rings. The highest BCUT2D eigenvalue weighted by Gasteiger charge is 2.06. The number of aryl methyl sites for hydroxylation is 1. The minimum atomic E-state index is -2.03. The molecule has 11 heavy (non-hydrogen) atoms. The number of halogens is 2. The minimum Gasteiger partial charge on any atom is -0.425 e. The topological polar surface area (TPSA) is 9.23 Å². The van der Waals surface area contributed by atoms with Gasteiger partial charge in [0.25, 0.3) is 0 Å². The average molecular weight is 157 g/mol. The SMILES string of the molecule is Cc1cccc(O[C](F)F)c1. The Labute approximate surface area is 63.6 Å². The fraction of sp³-hybridized carbons (Fsp3) is 0.125. The molecule has 0 amide bonds. The Hall–Kier alpha value is -1.12. The molecule has 0 aromatic heterocycles. The summed E-state index contributed by atoms with van der Waals surface area (Å²) in [6, 6.07) is 6.49. The smallest absolute Gasteiger partial charge is 0.425 e. The van der Waals surface area contributed by atoms with E-state index in [0.29, 0.717) is 0 Å². The molecular formula is C8H7F2O. The molecule has 0 aliphatic heterocycles.